The van der Waals surface area contributed by atoms with Crippen LogP contribution in [0.25, 0.3) is 0 Å². The zero-order valence-corrected chi connectivity index (χ0v) is 10.5. The Balaban J connectivity index is 1.93. The Hall–Kier alpha value is -0.590. The van der Waals surface area contributed by atoms with Gasteiger partial charge in [0.05, 0.1) is 5.69 Å². The van der Waals surface area contributed by atoms with Gasteiger partial charge in [-0.15, -0.1) is 10.2 Å². The summed E-state index contributed by atoms with van der Waals surface area (Å²) in [5, 5.41) is 8.12. The summed E-state index contributed by atoms with van der Waals surface area (Å²) in [5.41, 5.74) is 1.07. The Kier molecular flexibility index (Phi) is 3.99. The van der Waals surface area contributed by atoms with Gasteiger partial charge in [-0.2, -0.15) is 0 Å². The van der Waals surface area contributed by atoms with Crippen molar-refractivity contribution in [3.63, 3.8) is 0 Å². The molecule has 0 fully saturated rings. The first-order valence-corrected chi connectivity index (χ1v) is 7.31. The molecule has 6 heteroatoms. The molecule has 2 heterocycles. The van der Waals surface area contributed by atoms with Crippen LogP contribution in [-0.2, 0) is 5.75 Å². The van der Waals surface area contributed by atoms with Crippen LogP contribution in [0.1, 0.15) is 5.69 Å². The lowest BCUT2D eigenvalue weighted by molar-refractivity contribution is 0.955. The summed E-state index contributed by atoms with van der Waals surface area (Å²) in [6.07, 6.45) is 3.82. The van der Waals surface area contributed by atoms with Crippen molar-refractivity contribution in [2.24, 2.45) is 0 Å². The molecule has 0 bridgehead atoms. The van der Waals surface area contributed by atoms with E-state index in [4.69, 9.17) is 0 Å². The number of hydrogen-bond donors (Lipinski definition) is 0. The zero-order chi connectivity index (χ0) is 10.5. The van der Waals surface area contributed by atoms with Crippen LogP contribution in [0.2, 0.25) is 0 Å². The van der Waals surface area contributed by atoms with Crippen molar-refractivity contribution in [2.45, 2.75) is 14.4 Å². The third-order valence-corrected chi connectivity index (χ3v) is 4.70. The third-order valence-electron chi connectivity index (χ3n) is 1.63. The maximum atomic E-state index is 4.25. The fourth-order valence-electron chi connectivity index (χ4n) is 0.957. The average molecular weight is 255 g/mol. The fourth-order valence-corrected chi connectivity index (χ4v) is 3.31. The standard InChI is InChI=1S/C9H9N3S3/c1-13-8-11-12-9(15-8)14-6-7-4-2-3-5-10-7/h2-5H,6H2,1H3. The van der Waals surface area contributed by atoms with Gasteiger partial charge in [-0.3, -0.25) is 4.98 Å². The van der Waals surface area contributed by atoms with E-state index >= 15 is 0 Å². The molecule has 0 radical (unpaired) electrons. The molecule has 15 heavy (non-hydrogen) atoms. The van der Waals surface area contributed by atoms with Crippen LogP contribution in [0.3, 0.4) is 0 Å². The van der Waals surface area contributed by atoms with Gasteiger partial charge in [-0.25, -0.2) is 0 Å². The normalized spacial score (nSPS) is 10.5. The maximum absolute atomic E-state index is 4.25. The molecule has 78 valence electrons. The van der Waals surface area contributed by atoms with Gasteiger partial charge in [0.1, 0.15) is 0 Å². The molecule has 0 N–H and O–H groups in total. The van der Waals surface area contributed by atoms with Gasteiger partial charge in [0, 0.05) is 11.9 Å². The molecule has 0 spiro atoms. The predicted octanol–water partition coefficient (Wildman–Crippen LogP) is 2.95. The van der Waals surface area contributed by atoms with Crippen LogP contribution in [0.15, 0.2) is 33.1 Å². The second-order valence-electron chi connectivity index (χ2n) is 2.65. The molecule has 0 aliphatic heterocycles. The molecule has 0 atom stereocenters. The van der Waals surface area contributed by atoms with Gasteiger partial charge in [0.2, 0.25) is 0 Å². The third kappa shape index (κ3) is 3.19. The molecular weight excluding hydrogens is 246 g/mol. The lowest BCUT2D eigenvalue weighted by Crippen LogP contribution is -1.83. The lowest BCUT2D eigenvalue weighted by Gasteiger charge is -1.95. The first-order chi connectivity index (χ1) is 7.38. The zero-order valence-electron chi connectivity index (χ0n) is 8.08. The number of hydrogen-bond acceptors (Lipinski definition) is 6. The molecule has 0 saturated heterocycles. The maximum Gasteiger partial charge on any atom is 0.175 e. The van der Waals surface area contributed by atoms with Crippen molar-refractivity contribution in [1.82, 2.24) is 15.2 Å². The molecule has 0 aliphatic rings. The van der Waals surface area contributed by atoms with Gasteiger partial charge >= 0.3 is 0 Å². The predicted molar refractivity (Wildman–Crippen MR) is 65.5 cm³/mol. The van der Waals surface area contributed by atoms with Crippen molar-refractivity contribution in [3.8, 4) is 0 Å². The van der Waals surface area contributed by atoms with Gasteiger partial charge in [-0.05, 0) is 18.4 Å². The van der Waals surface area contributed by atoms with E-state index in [1.165, 1.54) is 0 Å². The summed E-state index contributed by atoms with van der Waals surface area (Å²) in [6, 6.07) is 5.94. The lowest BCUT2D eigenvalue weighted by atomic mass is 10.4. The summed E-state index contributed by atoms with van der Waals surface area (Å²) in [7, 11) is 0. The summed E-state index contributed by atoms with van der Waals surface area (Å²) in [6.45, 7) is 0. The highest BCUT2D eigenvalue weighted by molar-refractivity contribution is 8.02. The molecule has 3 nitrogen and oxygen atoms in total. The summed E-state index contributed by atoms with van der Waals surface area (Å²) in [5.74, 6) is 0.851. The van der Waals surface area contributed by atoms with E-state index in [0.29, 0.717) is 0 Å². The van der Waals surface area contributed by atoms with Crippen LogP contribution in [0, 0.1) is 0 Å². The molecule has 2 aromatic rings. The second-order valence-corrected chi connectivity index (χ2v) is 5.90. The van der Waals surface area contributed by atoms with Crippen LogP contribution in [0.5, 0.6) is 0 Å². The molecule has 0 aliphatic carbocycles. The topological polar surface area (TPSA) is 38.7 Å². The van der Waals surface area contributed by atoms with Crippen LogP contribution >= 0.6 is 34.9 Å². The molecule has 2 rings (SSSR count). The van der Waals surface area contributed by atoms with Gasteiger partial charge in [0.15, 0.2) is 8.68 Å². The second kappa shape index (κ2) is 5.48. The Labute approximate surface area is 101 Å². The molecule has 0 aromatic carbocycles. The van der Waals surface area contributed by atoms with E-state index in [1.54, 1.807) is 34.9 Å². The van der Waals surface area contributed by atoms with E-state index in [1.807, 2.05) is 30.7 Å². The summed E-state index contributed by atoms with van der Waals surface area (Å²) < 4.78 is 2.02. The minimum absolute atomic E-state index is 0.851. The van der Waals surface area contributed by atoms with Crippen LogP contribution in [-0.4, -0.2) is 21.4 Å². The minimum Gasteiger partial charge on any atom is -0.260 e. The smallest absolute Gasteiger partial charge is 0.175 e. The summed E-state index contributed by atoms with van der Waals surface area (Å²) >= 11 is 4.93. The van der Waals surface area contributed by atoms with E-state index in [2.05, 4.69) is 15.2 Å². The number of nitrogens with zero attached hydrogens (tertiary/aromatic N) is 3. The van der Waals surface area contributed by atoms with Crippen molar-refractivity contribution < 1.29 is 0 Å². The average Bonchev–Trinajstić information content (AvgIpc) is 2.76. The SMILES string of the molecule is CSc1nnc(SCc2ccccn2)s1. The molecule has 0 unspecified atom stereocenters. The van der Waals surface area contributed by atoms with E-state index < -0.39 is 0 Å². The van der Waals surface area contributed by atoms with Crippen molar-refractivity contribution >= 4 is 34.9 Å². The first-order valence-electron chi connectivity index (χ1n) is 4.28. The van der Waals surface area contributed by atoms with Crippen molar-refractivity contribution in [3.05, 3.63) is 30.1 Å². The first kappa shape index (κ1) is 10.9. The Bertz CT molecular complexity index is 416. The molecule has 2 aromatic heterocycles. The Morgan fingerprint density at radius 3 is 2.80 bits per heavy atom. The Morgan fingerprint density at radius 2 is 2.13 bits per heavy atom. The molecule has 0 saturated carbocycles. The highest BCUT2D eigenvalue weighted by Crippen LogP contribution is 2.28. The van der Waals surface area contributed by atoms with Crippen LogP contribution in [0.4, 0.5) is 0 Å². The fraction of sp³-hybridized carbons (Fsp3) is 0.222. The van der Waals surface area contributed by atoms with Gasteiger partial charge < -0.3 is 0 Å². The van der Waals surface area contributed by atoms with Gasteiger partial charge in [0.25, 0.3) is 0 Å². The quantitative estimate of drug-likeness (QED) is 0.785. The Morgan fingerprint density at radius 1 is 1.27 bits per heavy atom. The van der Waals surface area contributed by atoms with E-state index in [-0.39, 0.29) is 0 Å². The number of rotatable bonds is 4. The van der Waals surface area contributed by atoms with E-state index in [0.717, 1.165) is 20.1 Å². The highest BCUT2D eigenvalue weighted by Gasteiger charge is 2.03. The largest absolute Gasteiger partial charge is 0.260 e. The number of aromatic nitrogens is 3. The van der Waals surface area contributed by atoms with Crippen LogP contribution < -0.4 is 0 Å². The minimum atomic E-state index is 0.851. The van der Waals surface area contributed by atoms with Gasteiger partial charge in [-0.1, -0.05) is 40.9 Å². The molecule has 0 amide bonds. The van der Waals surface area contributed by atoms with Crippen molar-refractivity contribution in [1.29, 1.82) is 0 Å². The number of thioether (sulfide) groups is 2. The number of pyridine rings is 1. The highest BCUT2D eigenvalue weighted by atomic mass is 32.2. The van der Waals surface area contributed by atoms with Crippen molar-refractivity contribution in [2.75, 3.05) is 6.26 Å². The monoisotopic (exact) mass is 255 g/mol. The molecular formula is C9H9N3S3. The van der Waals surface area contributed by atoms with E-state index in [9.17, 15) is 0 Å². The summed E-state index contributed by atoms with van der Waals surface area (Å²) in [4.78, 5) is 4.25.